The molecule has 1 N–H and O–H groups in total. The summed E-state index contributed by atoms with van der Waals surface area (Å²) in [5, 5.41) is 3.95. The average Bonchev–Trinajstić information content (AvgIpc) is 2.51. The smallest absolute Gasteiger partial charge is 0.261 e. The molecule has 0 saturated carbocycles. The Kier molecular flexibility index (Phi) is 3.44. The fraction of sp³-hybridized carbons (Fsp3) is 0.176. The van der Waals surface area contributed by atoms with Crippen molar-refractivity contribution in [2.24, 2.45) is 7.05 Å². The van der Waals surface area contributed by atoms with Crippen LogP contribution in [0.15, 0.2) is 53.3 Å². The predicted octanol–water partition coefficient (Wildman–Crippen LogP) is 2.85. The Morgan fingerprint density at radius 1 is 1.10 bits per heavy atom. The Morgan fingerprint density at radius 2 is 1.81 bits per heavy atom. The predicted molar refractivity (Wildman–Crippen MR) is 85.5 cm³/mol. The number of nitrogens with one attached hydrogen (secondary N) is 1. The lowest BCUT2D eigenvalue weighted by molar-refractivity contribution is 0.756. The number of rotatable bonds is 3. The van der Waals surface area contributed by atoms with Crippen LogP contribution in [0, 0.1) is 6.92 Å². The lowest BCUT2D eigenvalue weighted by Gasteiger charge is -2.11. The highest BCUT2D eigenvalue weighted by atomic mass is 16.1. The monoisotopic (exact) mass is 279 g/mol. The van der Waals surface area contributed by atoms with Crippen molar-refractivity contribution in [3.05, 3.63) is 70.3 Å². The van der Waals surface area contributed by atoms with Crippen molar-refractivity contribution in [2.45, 2.75) is 13.5 Å². The molecule has 21 heavy (non-hydrogen) atoms. The van der Waals surface area contributed by atoms with E-state index >= 15 is 0 Å². The van der Waals surface area contributed by atoms with Gasteiger partial charge in [-0.15, -0.1) is 0 Å². The van der Waals surface area contributed by atoms with E-state index in [1.54, 1.807) is 11.6 Å². The number of nitrogens with zero attached hydrogens (tertiary/aromatic N) is 2. The van der Waals surface area contributed by atoms with Gasteiger partial charge in [0, 0.05) is 12.7 Å². The zero-order valence-corrected chi connectivity index (χ0v) is 12.1. The van der Waals surface area contributed by atoms with Gasteiger partial charge in [-0.05, 0) is 31.2 Å². The summed E-state index contributed by atoms with van der Waals surface area (Å²) in [6.07, 6.45) is 0. The van der Waals surface area contributed by atoms with Gasteiger partial charge >= 0.3 is 0 Å². The molecule has 0 aliphatic rings. The van der Waals surface area contributed by atoms with Crippen molar-refractivity contribution < 1.29 is 0 Å². The Bertz CT molecular complexity index is 835. The highest BCUT2D eigenvalue weighted by Crippen LogP contribution is 2.11. The van der Waals surface area contributed by atoms with Crippen LogP contribution in [-0.2, 0) is 13.6 Å². The largest absolute Gasteiger partial charge is 0.378 e. The minimum atomic E-state index is -0.0127. The van der Waals surface area contributed by atoms with Crippen LogP contribution in [0.5, 0.6) is 0 Å². The van der Waals surface area contributed by atoms with Gasteiger partial charge in [0.2, 0.25) is 0 Å². The molecule has 0 radical (unpaired) electrons. The topological polar surface area (TPSA) is 46.9 Å². The summed E-state index contributed by atoms with van der Waals surface area (Å²) in [4.78, 5) is 16.9. The van der Waals surface area contributed by atoms with Crippen LogP contribution in [0.25, 0.3) is 10.9 Å². The molecule has 4 heteroatoms. The van der Waals surface area contributed by atoms with Gasteiger partial charge in [0.15, 0.2) is 0 Å². The highest BCUT2D eigenvalue weighted by molar-refractivity contribution is 5.77. The molecule has 2 aromatic carbocycles. The molecule has 106 valence electrons. The zero-order chi connectivity index (χ0) is 14.8. The Labute approximate surface area is 123 Å². The van der Waals surface area contributed by atoms with E-state index in [1.165, 1.54) is 5.56 Å². The summed E-state index contributed by atoms with van der Waals surface area (Å²) < 4.78 is 1.60. The molecular weight excluding hydrogens is 262 g/mol. The van der Waals surface area contributed by atoms with Gasteiger partial charge in [-0.25, -0.2) is 4.98 Å². The van der Waals surface area contributed by atoms with Crippen LogP contribution in [0.4, 0.5) is 5.69 Å². The molecule has 4 nitrogen and oxygen atoms in total. The van der Waals surface area contributed by atoms with Gasteiger partial charge in [0.05, 0.1) is 17.4 Å². The van der Waals surface area contributed by atoms with Gasteiger partial charge in [-0.1, -0.05) is 29.8 Å². The number of hydrogen-bond donors (Lipinski definition) is 1. The van der Waals surface area contributed by atoms with Crippen LogP contribution < -0.4 is 10.9 Å². The molecule has 3 aromatic rings. The Hall–Kier alpha value is -2.62. The second kappa shape index (κ2) is 5.40. The number of anilines is 1. The molecule has 3 rings (SSSR count). The number of para-hydroxylation sites is 1. The number of aryl methyl sites for hydroxylation is 1. The molecular formula is C17H17N3O. The molecule has 0 saturated heterocycles. The van der Waals surface area contributed by atoms with Crippen molar-refractivity contribution in [2.75, 3.05) is 5.32 Å². The maximum Gasteiger partial charge on any atom is 0.261 e. The Morgan fingerprint density at radius 3 is 2.57 bits per heavy atom. The molecule has 0 aliphatic carbocycles. The molecule has 0 aliphatic heterocycles. The third-order valence-corrected chi connectivity index (χ3v) is 3.58. The van der Waals surface area contributed by atoms with E-state index < -0.39 is 0 Å². The van der Waals surface area contributed by atoms with E-state index in [2.05, 4.69) is 29.4 Å². The first kappa shape index (κ1) is 13.4. The van der Waals surface area contributed by atoms with Crippen LogP contribution in [0.1, 0.15) is 11.4 Å². The van der Waals surface area contributed by atoms with E-state index in [4.69, 9.17) is 0 Å². The van der Waals surface area contributed by atoms with E-state index in [-0.39, 0.29) is 5.56 Å². The summed E-state index contributed by atoms with van der Waals surface area (Å²) in [7, 11) is 1.76. The minimum absolute atomic E-state index is 0.0127. The maximum absolute atomic E-state index is 12.3. The first-order chi connectivity index (χ1) is 10.1. The van der Waals surface area contributed by atoms with Gasteiger partial charge < -0.3 is 5.32 Å². The van der Waals surface area contributed by atoms with E-state index in [0.717, 1.165) is 17.0 Å². The van der Waals surface area contributed by atoms with Gasteiger partial charge in [0.1, 0.15) is 5.82 Å². The first-order valence-electron chi connectivity index (χ1n) is 6.90. The second-order valence-corrected chi connectivity index (χ2v) is 5.13. The van der Waals surface area contributed by atoms with E-state index in [9.17, 15) is 4.79 Å². The lowest BCUT2D eigenvalue weighted by atomic mass is 10.2. The maximum atomic E-state index is 12.3. The van der Waals surface area contributed by atoms with Crippen LogP contribution in [0.2, 0.25) is 0 Å². The molecule has 1 aromatic heterocycles. The quantitative estimate of drug-likeness (QED) is 0.802. The zero-order valence-electron chi connectivity index (χ0n) is 12.1. The molecule has 0 bridgehead atoms. The van der Waals surface area contributed by atoms with Crippen LogP contribution >= 0.6 is 0 Å². The van der Waals surface area contributed by atoms with Crippen molar-refractivity contribution in [1.82, 2.24) is 9.55 Å². The third-order valence-electron chi connectivity index (χ3n) is 3.58. The average molecular weight is 279 g/mol. The van der Waals surface area contributed by atoms with E-state index in [1.807, 2.05) is 36.4 Å². The van der Waals surface area contributed by atoms with Crippen molar-refractivity contribution in [3.8, 4) is 0 Å². The number of benzene rings is 2. The van der Waals surface area contributed by atoms with Crippen LogP contribution in [-0.4, -0.2) is 9.55 Å². The highest BCUT2D eigenvalue weighted by Gasteiger charge is 2.07. The van der Waals surface area contributed by atoms with Gasteiger partial charge in [-0.3, -0.25) is 9.36 Å². The standard InChI is InChI=1S/C17H17N3O/c1-12-7-9-13(10-8-12)18-11-16-19-15-6-4-3-5-14(15)17(21)20(16)2/h3-10,18H,11H2,1-2H3. The third kappa shape index (κ3) is 2.65. The SMILES string of the molecule is Cc1ccc(NCc2nc3ccccc3c(=O)n2C)cc1. The van der Waals surface area contributed by atoms with Gasteiger partial charge in [0.25, 0.3) is 5.56 Å². The molecule has 0 spiro atoms. The summed E-state index contributed by atoms with van der Waals surface area (Å²) in [6, 6.07) is 15.6. The number of fused-ring (bicyclic) bond motifs is 1. The van der Waals surface area contributed by atoms with Crippen LogP contribution in [0.3, 0.4) is 0 Å². The van der Waals surface area contributed by atoms with Crippen molar-refractivity contribution >= 4 is 16.6 Å². The summed E-state index contributed by atoms with van der Waals surface area (Å²) in [5.74, 6) is 0.722. The fourth-order valence-electron chi connectivity index (χ4n) is 2.27. The number of hydrogen-bond acceptors (Lipinski definition) is 3. The molecule has 0 atom stereocenters. The molecule has 0 fully saturated rings. The van der Waals surface area contributed by atoms with E-state index in [0.29, 0.717) is 11.9 Å². The van der Waals surface area contributed by atoms with Crippen molar-refractivity contribution in [1.29, 1.82) is 0 Å². The summed E-state index contributed by atoms with van der Waals surface area (Å²) >= 11 is 0. The molecule has 0 unspecified atom stereocenters. The first-order valence-corrected chi connectivity index (χ1v) is 6.90. The molecule has 0 amide bonds. The van der Waals surface area contributed by atoms with Gasteiger partial charge in [-0.2, -0.15) is 0 Å². The summed E-state index contributed by atoms with van der Waals surface area (Å²) in [6.45, 7) is 2.57. The minimum Gasteiger partial charge on any atom is -0.378 e. The lowest BCUT2D eigenvalue weighted by Crippen LogP contribution is -2.23. The second-order valence-electron chi connectivity index (χ2n) is 5.13. The van der Waals surface area contributed by atoms with Crippen molar-refractivity contribution in [3.63, 3.8) is 0 Å². The summed E-state index contributed by atoms with van der Waals surface area (Å²) in [5.41, 5.74) is 2.96. The molecule has 1 heterocycles. The fourth-order valence-corrected chi connectivity index (χ4v) is 2.27. The normalized spacial score (nSPS) is 10.8. The number of aromatic nitrogens is 2. The Balaban J connectivity index is 1.92.